The Morgan fingerprint density at radius 1 is 0.436 bits per heavy atom. The van der Waals surface area contributed by atoms with Gasteiger partial charge in [-0.25, -0.2) is 4.98 Å². The minimum absolute atomic E-state index is 1.02. The molecule has 8 aromatic rings. The number of fused-ring (bicyclic) bond motifs is 7. The first-order valence-corrected chi connectivity index (χ1v) is 14.0. The average Bonchev–Trinajstić information content (AvgIpc) is 3.01. The highest BCUT2D eigenvalue weighted by Gasteiger charge is 2.20. The van der Waals surface area contributed by atoms with Gasteiger partial charge in [-0.2, -0.15) is 0 Å². The molecule has 0 saturated carbocycles. The number of nitrogens with zero attached hydrogens (tertiary/aromatic N) is 1. The Morgan fingerprint density at radius 3 is 1.62 bits per heavy atom. The zero-order chi connectivity index (χ0) is 25.9. The third-order valence-corrected chi connectivity index (χ3v) is 8.74. The van der Waals surface area contributed by atoms with Crippen LogP contribution < -0.4 is 0 Å². The summed E-state index contributed by atoms with van der Waals surface area (Å²) < 4.78 is 1.14. The summed E-state index contributed by atoms with van der Waals surface area (Å²) in [6.07, 6.45) is 0. The fraction of sp³-hybridized carbons (Fsp3) is 0. The van der Waals surface area contributed by atoms with Gasteiger partial charge >= 0.3 is 0 Å². The quantitative estimate of drug-likeness (QED) is 0.151. The summed E-state index contributed by atoms with van der Waals surface area (Å²) >= 11 is 3.94. The SMILES string of the molecule is Brc1c2ccccc2c(-c2cc3c(-c4ccccc4)nc4ccccc4c3c3ccccc23)c2ccccc12. The average molecular weight is 560 g/mol. The van der Waals surface area contributed by atoms with Crippen LogP contribution in [0.2, 0.25) is 0 Å². The Balaban J connectivity index is 1.65. The van der Waals surface area contributed by atoms with Crippen LogP contribution in [-0.4, -0.2) is 4.98 Å². The van der Waals surface area contributed by atoms with Crippen LogP contribution in [0.15, 0.2) is 138 Å². The molecule has 0 aliphatic heterocycles. The fourth-order valence-electron chi connectivity index (χ4n) is 6.20. The Labute approximate surface area is 234 Å². The van der Waals surface area contributed by atoms with Crippen LogP contribution in [0.4, 0.5) is 0 Å². The minimum Gasteiger partial charge on any atom is -0.247 e. The molecule has 0 saturated heterocycles. The van der Waals surface area contributed by atoms with Gasteiger partial charge in [0, 0.05) is 26.2 Å². The van der Waals surface area contributed by atoms with Gasteiger partial charge in [0.25, 0.3) is 0 Å². The molecule has 0 aliphatic rings. The highest BCUT2D eigenvalue weighted by Crippen LogP contribution is 2.47. The topological polar surface area (TPSA) is 12.9 Å². The molecule has 7 aromatic carbocycles. The maximum Gasteiger partial charge on any atom is 0.0788 e. The van der Waals surface area contributed by atoms with E-state index < -0.39 is 0 Å². The largest absolute Gasteiger partial charge is 0.247 e. The monoisotopic (exact) mass is 559 g/mol. The minimum atomic E-state index is 1.02. The van der Waals surface area contributed by atoms with Gasteiger partial charge in [0.15, 0.2) is 0 Å². The third-order valence-electron chi connectivity index (χ3n) is 7.89. The number of hydrogen-bond donors (Lipinski definition) is 0. The molecule has 0 N–H and O–H groups in total. The van der Waals surface area contributed by atoms with Crippen molar-refractivity contribution in [2.75, 3.05) is 0 Å². The molecule has 182 valence electrons. The van der Waals surface area contributed by atoms with Crippen LogP contribution in [0.5, 0.6) is 0 Å². The van der Waals surface area contributed by atoms with E-state index in [9.17, 15) is 0 Å². The second kappa shape index (κ2) is 8.76. The molecule has 1 heterocycles. The first-order valence-electron chi connectivity index (χ1n) is 13.2. The highest BCUT2D eigenvalue weighted by molar-refractivity contribution is 9.10. The lowest BCUT2D eigenvalue weighted by molar-refractivity contribution is 1.43. The molecular weight excluding hydrogens is 538 g/mol. The van der Waals surface area contributed by atoms with Crippen molar-refractivity contribution in [1.29, 1.82) is 0 Å². The van der Waals surface area contributed by atoms with E-state index in [4.69, 9.17) is 4.98 Å². The lowest BCUT2D eigenvalue weighted by Crippen LogP contribution is -1.94. The molecule has 39 heavy (non-hydrogen) atoms. The Bertz CT molecular complexity index is 2180. The zero-order valence-corrected chi connectivity index (χ0v) is 22.6. The predicted octanol–water partition coefficient (Wildman–Crippen LogP) is 10.9. The molecule has 0 amide bonds. The van der Waals surface area contributed by atoms with Crippen molar-refractivity contribution in [3.63, 3.8) is 0 Å². The van der Waals surface area contributed by atoms with Gasteiger partial charge in [-0.15, -0.1) is 0 Å². The summed E-state index contributed by atoms with van der Waals surface area (Å²) in [5.41, 5.74) is 5.64. The van der Waals surface area contributed by atoms with Crippen molar-refractivity contribution < 1.29 is 0 Å². The molecule has 0 radical (unpaired) electrons. The van der Waals surface area contributed by atoms with E-state index in [0.29, 0.717) is 0 Å². The van der Waals surface area contributed by atoms with Crippen molar-refractivity contribution in [3.05, 3.63) is 138 Å². The van der Waals surface area contributed by atoms with Gasteiger partial charge in [-0.05, 0) is 71.5 Å². The lowest BCUT2D eigenvalue weighted by Gasteiger charge is -2.19. The molecule has 2 heteroatoms. The number of pyridine rings is 1. The molecule has 0 fully saturated rings. The fourth-order valence-corrected chi connectivity index (χ4v) is 6.90. The van der Waals surface area contributed by atoms with Gasteiger partial charge in [0.05, 0.1) is 11.2 Å². The van der Waals surface area contributed by atoms with E-state index in [1.54, 1.807) is 0 Å². The van der Waals surface area contributed by atoms with Crippen LogP contribution in [0.3, 0.4) is 0 Å². The van der Waals surface area contributed by atoms with E-state index in [2.05, 4.69) is 149 Å². The van der Waals surface area contributed by atoms with Gasteiger partial charge in [0.2, 0.25) is 0 Å². The number of hydrogen-bond acceptors (Lipinski definition) is 1. The Hall–Kier alpha value is -4.53. The van der Waals surface area contributed by atoms with E-state index in [-0.39, 0.29) is 0 Å². The van der Waals surface area contributed by atoms with Gasteiger partial charge in [-0.1, -0.05) is 121 Å². The molecule has 0 unspecified atom stereocenters. The van der Waals surface area contributed by atoms with Crippen molar-refractivity contribution in [2.45, 2.75) is 0 Å². The number of rotatable bonds is 2. The van der Waals surface area contributed by atoms with E-state index >= 15 is 0 Å². The van der Waals surface area contributed by atoms with Gasteiger partial charge in [0.1, 0.15) is 0 Å². The van der Waals surface area contributed by atoms with Crippen LogP contribution in [-0.2, 0) is 0 Å². The number of halogens is 1. The molecule has 8 rings (SSSR count). The lowest BCUT2D eigenvalue weighted by atomic mass is 9.86. The first-order chi connectivity index (χ1) is 19.3. The molecule has 0 bridgehead atoms. The number of aromatic nitrogens is 1. The summed E-state index contributed by atoms with van der Waals surface area (Å²) in [7, 11) is 0. The summed E-state index contributed by atoms with van der Waals surface area (Å²) in [6, 6.07) is 47.8. The standard InChI is InChI=1S/C37H22BrN/c38-36-28-18-8-6-16-26(28)34(27-17-7-9-19-29(27)36)31-22-32-35(25-15-5-4-14-24(25)31)30-20-10-11-21-33(30)39-37(32)23-12-2-1-3-13-23/h1-22H. The Kier molecular flexibility index (Phi) is 5.04. The van der Waals surface area contributed by atoms with Crippen LogP contribution in [0.1, 0.15) is 0 Å². The third kappa shape index (κ3) is 3.35. The maximum absolute atomic E-state index is 5.25. The number of para-hydroxylation sites is 1. The summed E-state index contributed by atoms with van der Waals surface area (Å²) in [6.45, 7) is 0. The highest BCUT2D eigenvalue weighted by atomic mass is 79.9. The molecule has 1 aromatic heterocycles. The normalized spacial score (nSPS) is 11.7. The maximum atomic E-state index is 5.25. The zero-order valence-electron chi connectivity index (χ0n) is 21.0. The van der Waals surface area contributed by atoms with Crippen LogP contribution >= 0.6 is 15.9 Å². The van der Waals surface area contributed by atoms with Crippen molar-refractivity contribution in [3.8, 4) is 22.4 Å². The van der Waals surface area contributed by atoms with Crippen molar-refractivity contribution >= 4 is 69.9 Å². The predicted molar refractivity (Wildman–Crippen MR) is 170 cm³/mol. The second-order valence-corrected chi connectivity index (χ2v) is 10.8. The van der Waals surface area contributed by atoms with Gasteiger partial charge in [-0.3, -0.25) is 0 Å². The van der Waals surface area contributed by atoms with E-state index in [1.807, 2.05) is 0 Å². The van der Waals surface area contributed by atoms with Gasteiger partial charge < -0.3 is 0 Å². The molecule has 1 nitrogen and oxygen atoms in total. The van der Waals surface area contributed by atoms with Crippen molar-refractivity contribution in [2.24, 2.45) is 0 Å². The second-order valence-electron chi connectivity index (χ2n) is 10.0. The first kappa shape index (κ1) is 22.5. The number of benzene rings is 7. The van der Waals surface area contributed by atoms with Crippen molar-refractivity contribution in [1.82, 2.24) is 4.98 Å². The summed E-state index contributed by atoms with van der Waals surface area (Å²) in [5, 5.41) is 11.0. The summed E-state index contributed by atoms with van der Waals surface area (Å²) in [4.78, 5) is 5.25. The molecule has 0 aliphatic carbocycles. The molecule has 0 atom stereocenters. The van der Waals surface area contributed by atoms with E-state index in [0.717, 1.165) is 21.2 Å². The smallest absolute Gasteiger partial charge is 0.0788 e. The molecule has 0 spiro atoms. The van der Waals surface area contributed by atoms with E-state index in [1.165, 1.54) is 59.6 Å². The van der Waals surface area contributed by atoms with Crippen LogP contribution in [0, 0.1) is 0 Å². The Morgan fingerprint density at radius 2 is 0.949 bits per heavy atom. The summed E-state index contributed by atoms with van der Waals surface area (Å²) in [5.74, 6) is 0. The van der Waals surface area contributed by atoms with Crippen LogP contribution in [0.25, 0.3) is 76.4 Å². The molecular formula is C37H22BrN.